The molecule has 0 unspecified atom stereocenters. The molecule has 0 heterocycles. The van der Waals surface area contributed by atoms with E-state index < -0.39 is 20.8 Å². The zero-order chi connectivity index (χ0) is 5.41. The van der Waals surface area contributed by atoms with Crippen LogP contribution in [0.5, 0.6) is 0 Å². The standard InChI is InChI=1S/C2H8Si.2ClH.Zr/c1-3-2;;;/h3H2,1-2H3;2*1H;/q;;;+2/p-2. The summed E-state index contributed by atoms with van der Waals surface area (Å²) < 4.78 is 0. The quantitative estimate of drug-likeness (QED) is 0.546. The Balaban J connectivity index is 0. The van der Waals surface area contributed by atoms with Crippen molar-refractivity contribution >= 4 is 26.5 Å². The van der Waals surface area contributed by atoms with Gasteiger partial charge in [-0.15, -0.1) is 0 Å². The van der Waals surface area contributed by atoms with Crippen LogP contribution in [0.3, 0.4) is 0 Å². The molecule has 4 heteroatoms. The fourth-order valence-electron chi connectivity index (χ4n) is 0. The van der Waals surface area contributed by atoms with Crippen molar-refractivity contribution in [1.29, 1.82) is 0 Å². The van der Waals surface area contributed by atoms with Gasteiger partial charge in [-0.05, 0) is 0 Å². The van der Waals surface area contributed by atoms with Crippen molar-refractivity contribution in [2.45, 2.75) is 13.1 Å². The minimum atomic E-state index is -0.826. The Morgan fingerprint density at radius 2 is 1.33 bits per heavy atom. The molecule has 0 amide bonds. The second kappa shape index (κ2) is 15.9. The Kier molecular flexibility index (Phi) is 28.2. The van der Waals surface area contributed by atoms with Crippen molar-refractivity contribution in [3.05, 3.63) is 0 Å². The minimum absolute atomic E-state index is 0.417. The Hall–Kier alpha value is 1.68. The van der Waals surface area contributed by atoms with Crippen molar-refractivity contribution in [3.8, 4) is 0 Å². The van der Waals surface area contributed by atoms with Crippen LogP contribution in [0.4, 0.5) is 0 Å². The molecule has 0 saturated heterocycles. The summed E-state index contributed by atoms with van der Waals surface area (Å²) in [7, 11) is 10.3. The zero-order valence-electron chi connectivity index (χ0n) is 3.96. The Morgan fingerprint density at radius 3 is 1.33 bits per heavy atom. The summed E-state index contributed by atoms with van der Waals surface area (Å²) in [4.78, 5) is 0. The molecule has 0 aliphatic carbocycles. The molecule has 38 valence electrons. The molecule has 0 aliphatic rings. The molecule has 0 fully saturated rings. The van der Waals surface area contributed by atoms with Crippen LogP contribution in [0.25, 0.3) is 0 Å². The van der Waals surface area contributed by atoms with Crippen LogP contribution in [-0.2, 0) is 20.8 Å². The summed E-state index contributed by atoms with van der Waals surface area (Å²) in [5.41, 5.74) is 0. The molecule has 0 N–H and O–H groups in total. The second-order valence-electron chi connectivity index (χ2n) is 0.779. The molecular formula is C2H8Cl2SiZr. The maximum atomic E-state index is 4.93. The van der Waals surface area contributed by atoms with Gasteiger partial charge in [0.25, 0.3) is 0 Å². The van der Waals surface area contributed by atoms with E-state index in [-0.39, 0.29) is 0 Å². The summed E-state index contributed by atoms with van der Waals surface area (Å²) in [5, 5.41) is 0. The summed E-state index contributed by atoms with van der Waals surface area (Å²) in [6.45, 7) is 4.53. The van der Waals surface area contributed by atoms with Gasteiger partial charge in [-0.1, -0.05) is 13.1 Å². The number of rotatable bonds is 0. The molecule has 0 aromatic carbocycles. The van der Waals surface area contributed by atoms with Gasteiger partial charge in [-0.25, -0.2) is 0 Å². The van der Waals surface area contributed by atoms with E-state index in [0.29, 0.717) is 9.52 Å². The Bertz CT molecular complexity index is 13.5. The van der Waals surface area contributed by atoms with Gasteiger partial charge in [0.15, 0.2) is 0 Å². The predicted octanol–water partition coefficient (Wildman–Crippen LogP) is 1.63. The van der Waals surface area contributed by atoms with E-state index in [9.17, 15) is 0 Å². The molecule has 0 aromatic heterocycles. The monoisotopic (exact) mass is 220 g/mol. The van der Waals surface area contributed by atoms with Crippen molar-refractivity contribution in [1.82, 2.24) is 0 Å². The molecule has 0 bridgehead atoms. The second-order valence-corrected chi connectivity index (χ2v) is 5.92. The normalized spacial score (nSPS) is 5.33. The van der Waals surface area contributed by atoms with Crippen molar-refractivity contribution in [3.63, 3.8) is 0 Å². The van der Waals surface area contributed by atoms with Crippen LogP contribution < -0.4 is 0 Å². The van der Waals surface area contributed by atoms with Gasteiger partial charge in [0.05, 0.1) is 0 Å². The average Bonchev–Trinajstić information content (AvgIpc) is 1.39. The van der Waals surface area contributed by atoms with E-state index >= 15 is 0 Å². The SMILES string of the molecule is C[SiH2]C.[Cl][Zr][Cl]. The van der Waals surface area contributed by atoms with Crippen LogP contribution in [-0.4, -0.2) is 9.52 Å². The first-order valence-corrected chi connectivity index (χ1v) is 11.0. The fourth-order valence-corrected chi connectivity index (χ4v) is 0. The van der Waals surface area contributed by atoms with Crippen LogP contribution in [0.1, 0.15) is 0 Å². The topological polar surface area (TPSA) is 0 Å². The van der Waals surface area contributed by atoms with E-state index in [0.717, 1.165) is 0 Å². The third kappa shape index (κ3) is 44.1. The van der Waals surface area contributed by atoms with E-state index in [2.05, 4.69) is 13.1 Å². The molecule has 0 radical (unpaired) electrons. The van der Waals surface area contributed by atoms with Crippen molar-refractivity contribution < 1.29 is 20.8 Å². The Morgan fingerprint density at radius 1 is 1.33 bits per heavy atom. The first-order chi connectivity index (χ1) is 2.83. The van der Waals surface area contributed by atoms with Gasteiger partial charge < -0.3 is 0 Å². The molecule has 6 heavy (non-hydrogen) atoms. The number of halogens is 2. The Labute approximate surface area is 60.1 Å². The summed E-state index contributed by atoms with van der Waals surface area (Å²) in [6.07, 6.45) is 0. The molecule has 0 aliphatic heterocycles. The molecule has 0 atom stereocenters. The zero-order valence-corrected chi connectivity index (χ0v) is 9.35. The summed E-state index contributed by atoms with van der Waals surface area (Å²) in [6, 6.07) is 0. The predicted molar refractivity (Wildman–Crippen MR) is 32.0 cm³/mol. The first-order valence-electron chi connectivity index (χ1n) is 1.79. The van der Waals surface area contributed by atoms with Gasteiger partial charge in [-0.3, -0.25) is 0 Å². The first kappa shape index (κ1) is 10.6. The van der Waals surface area contributed by atoms with Crippen LogP contribution in [0.15, 0.2) is 0 Å². The van der Waals surface area contributed by atoms with Crippen LogP contribution >= 0.6 is 17.0 Å². The maximum absolute atomic E-state index is 4.93. The van der Waals surface area contributed by atoms with Crippen LogP contribution in [0.2, 0.25) is 13.1 Å². The van der Waals surface area contributed by atoms with Gasteiger partial charge in [0, 0.05) is 9.52 Å². The van der Waals surface area contributed by atoms with Crippen molar-refractivity contribution in [2.24, 2.45) is 0 Å². The van der Waals surface area contributed by atoms with Gasteiger partial charge in [0.2, 0.25) is 0 Å². The fraction of sp³-hybridized carbons (Fsp3) is 1.00. The third-order valence-electron chi connectivity index (χ3n) is 0. The third-order valence-corrected chi connectivity index (χ3v) is 0. The molecule has 0 aromatic rings. The van der Waals surface area contributed by atoms with E-state index in [1.54, 1.807) is 0 Å². The van der Waals surface area contributed by atoms with E-state index in [1.807, 2.05) is 0 Å². The van der Waals surface area contributed by atoms with Gasteiger partial charge in [0.1, 0.15) is 0 Å². The molecular weight excluding hydrogens is 214 g/mol. The number of hydrogen-bond acceptors (Lipinski definition) is 0. The van der Waals surface area contributed by atoms with Crippen LogP contribution in [0, 0.1) is 0 Å². The van der Waals surface area contributed by atoms with Gasteiger partial charge in [-0.2, -0.15) is 0 Å². The van der Waals surface area contributed by atoms with Gasteiger partial charge >= 0.3 is 37.9 Å². The summed E-state index contributed by atoms with van der Waals surface area (Å²) in [5.74, 6) is 0. The molecule has 0 saturated carbocycles. The molecule has 0 spiro atoms. The average molecular weight is 222 g/mol. The number of hydrogen-bond donors (Lipinski definition) is 0. The van der Waals surface area contributed by atoms with Crippen molar-refractivity contribution in [2.75, 3.05) is 0 Å². The van der Waals surface area contributed by atoms with E-state index in [1.165, 1.54) is 0 Å². The van der Waals surface area contributed by atoms with E-state index in [4.69, 9.17) is 17.0 Å². The molecule has 0 rings (SSSR count). The summed E-state index contributed by atoms with van der Waals surface area (Å²) >= 11 is -0.826. The molecule has 0 nitrogen and oxygen atoms in total.